The van der Waals surface area contributed by atoms with Gasteiger partial charge in [0.05, 0.1) is 18.9 Å². The molecule has 0 aromatic rings. The van der Waals surface area contributed by atoms with E-state index in [-0.39, 0.29) is 11.8 Å². The van der Waals surface area contributed by atoms with E-state index in [1.165, 1.54) is 7.11 Å². The Morgan fingerprint density at radius 1 is 1.36 bits per heavy atom. The number of nitrogens with one attached hydrogen (secondary N) is 1. The Hall–Kier alpha value is -1.10. The van der Waals surface area contributed by atoms with E-state index >= 15 is 0 Å². The number of hydroxylamine groups is 1. The molecular formula is C9H15NO4. The number of aliphatic carboxylic acids is 1. The lowest BCUT2D eigenvalue weighted by molar-refractivity contribution is -0.148. The molecule has 0 aliphatic heterocycles. The Bertz CT molecular complexity index is 241. The summed E-state index contributed by atoms with van der Waals surface area (Å²) >= 11 is 0. The Balaban J connectivity index is 2.66. The molecule has 3 atom stereocenters. The van der Waals surface area contributed by atoms with Crippen molar-refractivity contribution in [2.24, 2.45) is 17.8 Å². The number of carboxylic acid groups (broad SMARTS) is 1. The maximum Gasteiger partial charge on any atom is 0.307 e. The quantitative estimate of drug-likeness (QED) is 0.648. The van der Waals surface area contributed by atoms with E-state index in [0.29, 0.717) is 12.8 Å². The number of amides is 1. The van der Waals surface area contributed by atoms with Gasteiger partial charge >= 0.3 is 5.97 Å². The van der Waals surface area contributed by atoms with Crippen LogP contribution in [0.4, 0.5) is 0 Å². The molecule has 1 amide bonds. The zero-order chi connectivity index (χ0) is 10.7. The van der Waals surface area contributed by atoms with Crippen molar-refractivity contribution in [1.82, 2.24) is 5.48 Å². The van der Waals surface area contributed by atoms with Crippen LogP contribution in [0.1, 0.15) is 19.8 Å². The van der Waals surface area contributed by atoms with Crippen LogP contribution in [-0.4, -0.2) is 24.1 Å². The van der Waals surface area contributed by atoms with Crippen LogP contribution in [-0.2, 0) is 14.4 Å². The molecule has 5 nitrogen and oxygen atoms in total. The number of hydrogen-bond acceptors (Lipinski definition) is 3. The largest absolute Gasteiger partial charge is 0.481 e. The lowest BCUT2D eigenvalue weighted by Gasteiger charge is -2.13. The summed E-state index contributed by atoms with van der Waals surface area (Å²) in [6.07, 6.45) is 1.18. The number of carbonyl (C=O) groups excluding carboxylic acids is 1. The topological polar surface area (TPSA) is 75.6 Å². The van der Waals surface area contributed by atoms with Gasteiger partial charge in [-0.3, -0.25) is 14.4 Å². The van der Waals surface area contributed by atoms with E-state index in [9.17, 15) is 9.59 Å². The second-order valence-electron chi connectivity index (χ2n) is 3.80. The summed E-state index contributed by atoms with van der Waals surface area (Å²) in [7, 11) is 1.34. The van der Waals surface area contributed by atoms with Gasteiger partial charge in [-0.25, -0.2) is 5.48 Å². The van der Waals surface area contributed by atoms with Crippen LogP contribution >= 0.6 is 0 Å². The van der Waals surface area contributed by atoms with E-state index in [0.717, 1.165) is 0 Å². The van der Waals surface area contributed by atoms with Crippen LogP contribution in [0.3, 0.4) is 0 Å². The molecule has 0 radical (unpaired) electrons. The molecule has 0 aromatic carbocycles. The van der Waals surface area contributed by atoms with Gasteiger partial charge in [0.15, 0.2) is 0 Å². The molecule has 1 fully saturated rings. The monoisotopic (exact) mass is 201 g/mol. The second kappa shape index (κ2) is 4.41. The van der Waals surface area contributed by atoms with E-state index in [1.807, 2.05) is 6.92 Å². The summed E-state index contributed by atoms with van der Waals surface area (Å²) < 4.78 is 0. The molecule has 1 unspecified atom stereocenters. The van der Waals surface area contributed by atoms with Crippen LogP contribution in [0.15, 0.2) is 0 Å². The molecule has 0 heterocycles. The van der Waals surface area contributed by atoms with Gasteiger partial charge in [-0.1, -0.05) is 6.92 Å². The molecule has 1 aliphatic carbocycles. The lowest BCUT2D eigenvalue weighted by Crippen LogP contribution is -2.34. The predicted molar refractivity (Wildman–Crippen MR) is 48.2 cm³/mol. The summed E-state index contributed by atoms with van der Waals surface area (Å²) in [6, 6.07) is 0. The summed E-state index contributed by atoms with van der Waals surface area (Å²) in [5.74, 6) is -1.97. The van der Waals surface area contributed by atoms with E-state index < -0.39 is 17.8 Å². The van der Waals surface area contributed by atoms with Crippen LogP contribution in [0.5, 0.6) is 0 Å². The number of carboxylic acids is 1. The fourth-order valence-corrected chi connectivity index (χ4v) is 2.03. The average molecular weight is 201 g/mol. The molecule has 0 spiro atoms. The third-order valence-electron chi connectivity index (χ3n) is 2.65. The molecule has 2 N–H and O–H groups in total. The minimum absolute atomic E-state index is 0.281. The highest BCUT2D eigenvalue weighted by molar-refractivity contribution is 5.84. The molecule has 0 aromatic heterocycles. The molecule has 0 saturated heterocycles. The molecular weight excluding hydrogens is 186 g/mol. The van der Waals surface area contributed by atoms with Crippen LogP contribution in [0.25, 0.3) is 0 Å². The van der Waals surface area contributed by atoms with Gasteiger partial charge in [0.25, 0.3) is 0 Å². The van der Waals surface area contributed by atoms with Gasteiger partial charge in [-0.05, 0) is 18.8 Å². The Morgan fingerprint density at radius 3 is 2.43 bits per heavy atom. The first-order valence-corrected chi connectivity index (χ1v) is 4.62. The molecule has 1 aliphatic rings. The van der Waals surface area contributed by atoms with Crippen molar-refractivity contribution in [3.63, 3.8) is 0 Å². The van der Waals surface area contributed by atoms with Crippen molar-refractivity contribution in [3.05, 3.63) is 0 Å². The van der Waals surface area contributed by atoms with Gasteiger partial charge in [0.2, 0.25) is 5.91 Å². The van der Waals surface area contributed by atoms with Crippen molar-refractivity contribution >= 4 is 11.9 Å². The van der Waals surface area contributed by atoms with Crippen molar-refractivity contribution in [3.8, 4) is 0 Å². The maximum atomic E-state index is 11.4. The SMILES string of the molecule is CONC(=O)[C@H]1CC(C)C[C@H]1C(=O)O. The van der Waals surface area contributed by atoms with Crippen molar-refractivity contribution in [1.29, 1.82) is 0 Å². The average Bonchev–Trinajstić information content (AvgIpc) is 2.48. The molecule has 80 valence electrons. The number of carbonyl (C=O) groups is 2. The minimum Gasteiger partial charge on any atom is -0.481 e. The fourth-order valence-electron chi connectivity index (χ4n) is 2.03. The fraction of sp³-hybridized carbons (Fsp3) is 0.778. The number of rotatable bonds is 3. The predicted octanol–water partition coefficient (Wildman–Crippen LogP) is 0.411. The summed E-state index contributed by atoms with van der Waals surface area (Å²) in [6.45, 7) is 1.95. The van der Waals surface area contributed by atoms with Gasteiger partial charge in [-0.15, -0.1) is 0 Å². The zero-order valence-electron chi connectivity index (χ0n) is 8.32. The molecule has 1 rings (SSSR count). The van der Waals surface area contributed by atoms with Crippen LogP contribution in [0.2, 0.25) is 0 Å². The van der Waals surface area contributed by atoms with Gasteiger partial charge in [-0.2, -0.15) is 0 Å². The lowest BCUT2D eigenvalue weighted by atomic mass is 9.96. The van der Waals surface area contributed by atoms with E-state index in [4.69, 9.17) is 5.11 Å². The molecule has 5 heteroatoms. The second-order valence-corrected chi connectivity index (χ2v) is 3.80. The first-order valence-electron chi connectivity index (χ1n) is 4.62. The smallest absolute Gasteiger partial charge is 0.307 e. The van der Waals surface area contributed by atoms with Gasteiger partial charge in [0, 0.05) is 0 Å². The molecule has 0 bridgehead atoms. The Morgan fingerprint density at radius 2 is 1.93 bits per heavy atom. The highest BCUT2D eigenvalue weighted by Gasteiger charge is 2.41. The maximum absolute atomic E-state index is 11.4. The first kappa shape index (κ1) is 11.0. The summed E-state index contributed by atoms with van der Waals surface area (Å²) in [5.41, 5.74) is 2.19. The number of hydrogen-bond donors (Lipinski definition) is 2. The van der Waals surface area contributed by atoms with Crippen molar-refractivity contribution in [2.75, 3.05) is 7.11 Å². The van der Waals surface area contributed by atoms with Crippen LogP contribution in [0, 0.1) is 17.8 Å². The highest BCUT2D eigenvalue weighted by atomic mass is 16.6. The van der Waals surface area contributed by atoms with E-state index in [2.05, 4.69) is 10.3 Å². The third kappa shape index (κ3) is 2.23. The van der Waals surface area contributed by atoms with E-state index in [1.54, 1.807) is 0 Å². The molecule has 1 saturated carbocycles. The van der Waals surface area contributed by atoms with Gasteiger partial charge < -0.3 is 5.11 Å². The first-order chi connectivity index (χ1) is 6.56. The highest BCUT2D eigenvalue weighted by Crippen LogP contribution is 2.36. The standard InChI is InChI=1S/C9H15NO4/c1-5-3-6(8(11)10-14-2)7(4-5)9(12)13/h5-7H,3-4H2,1-2H3,(H,10,11)(H,12,13)/t5?,6-,7+/m0/s1. The van der Waals surface area contributed by atoms with Crippen molar-refractivity contribution in [2.45, 2.75) is 19.8 Å². The Kier molecular flexibility index (Phi) is 3.46. The Labute approximate surface area is 82.4 Å². The van der Waals surface area contributed by atoms with Gasteiger partial charge in [0.1, 0.15) is 0 Å². The zero-order valence-corrected chi connectivity index (χ0v) is 8.32. The molecule has 14 heavy (non-hydrogen) atoms. The normalized spacial score (nSPS) is 31.4. The minimum atomic E-state index is -0.898. The van der Waals surface area contributed by atoms with Crippen molar-refractivity contribution < 1.29 is 19.5 Å². The summed E-state index contributed by atoms with van der Waals surface area (Å²) in [4.78, 5) is 26.7. The summed E-state index contributed by atoms with van der Waals surface area (Å²) in [5, 5.41) is 8.90. The van der Waals surface area contributed by atoms with Crippen LogP contribution < -0.4 is 5.48 Å². The third-order valence-corrected chi connectivity index (χ3v) is 2.65.